The number of rotatable bonds is 5. The van der Waals surface area contributed by atoms with Gasteiger partial charge in [-0.15, -0.1) is 0 Å². The van der Waals surface area contributed by atoms with Gasteiger partial charge in [0.2, 0.25) is 0 Å². The number of halogens is 2. The van der Waals surface area contributed by atoms with Crippen LogP contribution in [0.1, 0.15) is 50.5 Å². The normalized spacial score (nSPS) is 20.2. The van der Waals surface area contributed by atoms with Crippen molar-refractivity contribution >= 4 is 49.2 Å². The molecule has 1 saturated carbocycles. The first-order chi connectivity index (χ1) is 15.0. The molecule has 2 aromatic heterocycles. The molecule has 2 heterocycles. The van der Waals surface area contributed by atoms with E-state index in [1.54, 1.807) is 23.5 Å². The summed E-state index contributed by atoms with van der Waals surface area (Å²) in [6.45, 7) is 2.24. The second-order valence-electron chi connectivity index (χ2n) is 8.69. The summed E-state index contributed by atoms with van der Waals surface area (Å²) >= 11 is 7.75. The van der Waals surface area contributed by atoms with Crippen LogP contribution in [0.5, 0.6) is 0 Å². The first kappa shape index (κ1) is 20.7. The van der Waals surface area contributed by atoms with Crippen molar-refractivity contribution in [2.24, 2.45) is 5.92 Å². The predicted molar refractivity (Wildman–Crippen MR) is 129 cm³/mol. The van der Waals surface area contributed by atoms with E-state index >= 15 is 0 Å². The molecule has 6 heteroatoms. The minimum Gasteiger partial charge on any atom is -0.359 e. The fourth-order valence-corrected chi connectivity index (χ4v) is 6.19. The third kappa shape index (κ3) is 4.53. The number of anilines is 1. The minimum absolute atomic E-state index is 0.188. The van der Waals surface area contributed by atoms with Crippen LogP contribution in [-0.4, -0.2) is 16.0 Å². The lowest BCUT2D eigenvalue weighted by molar-refractivity contribution is 0.302. The number of nitrogens with one attached hydrogen (secondary N) is 1. The summed E-state index contributed by atoms with van der Waals surface area (Å²) < 4.78 is 14.9. The van der Waals surface area contributed by atoms with Crippen LogP contribution in [0, 0.1) is 11.7 Å². The number of aromatic nitrogens is 2. The number of pyridine rings is 1. The molecular weight excluding hydrogens is 429 g/mol. The molecule has 5 rings (SSSR count). The molecule has 0 bridgehead atoms. The minimum atomic E-state index is -0.188. The second-order valence-corrected chi connectivity index (χ2v) is 10.2. The van der Waals surface area contributed by atoms with E-state index in [-0.39, 0.29) is 5.82 Å². The van der Waals surface area contributed by atoms with E-state index < -0.39 is 0 Å². The highest BCUT2D eigenvalue weighted by atomic mass is 35.5. The standard InChI is InChI=1S/C25H25ClFN3S/c1-15(29-25-30-23-8-6-18(26)13-24(23)31-25)12-16-2-4-17(5-3-16)20-10-11-28-22-9-7-19(27)14-21(20)22/h6-11,13-17H,2-5,12H2,1H3,(H,29,30). The Morgan fingerprint density at radius 3 is 2.74 bits per heavy atom. The molecule has 2 aromatic carbocycles. The molecule has 4 aromatic rings. The van der Waals surface area contributed by atoms with Crippen molar-refractivity contribution in [2.45, 2.75) is 51.0 Å². The largest absolute Gasteiger partial charge is 0.359 e. The van der Waals surface area contributed by atoms with Gasteiger partial charge in [0, 0.05) is 22.6 Å². The predicted octanol–water partition coefficient (Wildman–Crippen LogP) is 7.80. The maximum atomic E-state index is 13.8. The summed E-state index contributed by atoms with van der Waals surface area (Å²) in [5, 5.41) is 6.26. The fourth-order valence-electron chi connectivity index (χ4n) is 4.93. The number of fused-ring (bicyclic) bond motifs is 2. The van der Waals surface area contributed by atoms with Crippen molar-refractivity contribution < 1.29 is 4.39 Å². The molecule has 1 aliphatic rings. The quantitative estimate of drug-likeness (QED) is 0.335. The lowest BCUT2D eigenvalue weighted by Crippen LogP contribution is -2.22. The summed E-state index contributed by atoms with van der Waals surface area (Å²) in [5.41, 5.74) is 3.13. The van der Waals surface area contributed by atoms with E-state index in [4.69, 9.17) is 11.6 Å². The van der Waals surface area contributed by atoms with Crippen molar-refractivity contribution in [3.8, 4) is 0 Å². The monoisotopic (exact) mass is 453 g/mol. The van der Waals surface area contributed by atoms with Crippen LogP contribution in [0.3, 0.4) is 0 Å². The molecule has 3 nitrogen and oxygen atoms in total. The van der Waals surface area contributed by atoms with Crippen molar-refractivity contribution in [1.29, 1.82) is 0 Å². The van der Waals surface area contributed by atoms with Gasteiger partial charge in [-0.3, -0.25) is 4.98 Å². The maximum absolute atomic E-state index is 13.8. The lowest BCUT2D eigenvalue weighted by atomic mass is 9.76. The number of nitrogens with zero attached hydrogens (tertiary/aromatic N) is 2. The molecule has 0 saturated heterocycles. The Balaban J connectivity index is 1.20. The topological polar surface area (TPSA) is 37.8 Å². The van der Waals surface area contributed by atoms with Gasteiger partial charge in [-0.1, -0.05) is 22.9 Å². The van der Waals surface area contributed by atoms with Crippen LogP contribution in [-0.2, 0) is 0 Å². The van der Waals surface area contributed by atoms with E-state index in [9.17, 15) is 4.39 Å². The molecule has 0 spiro atoms. The van der Waals surface area contributed by atoms with Crippen LogP contribution in [0.4, 0.5) is 9.52 Å². The maximum Gasteiger partial charge on any atom is 0.183 e. The number of hydrogen-bond acceptors (Lipinski definition) is 4. The fraction of sp³-hybridized carbons (Fsp3) is 0.360. The molecule has 1 fully saturated rings. The first-order valence-electron chi connectivity index (χ1n) is 10.9. The van der Waals surface area contributed by atoms with Gasteiger partial charge < -0.3 is 5.32 Å². The van der Waals surface area contributed by atoms with E-state index in [0.29, 0.717) is 17.9 Å². The Labute approximate surface area is 190 Å². The third-order valence-electron chi connectivity index (χ3n) is 6.43. The van der Waals surface area contributed by atoms with Gasteiger partial charge in [-0.25, -0.2) is 9.37 Å². The summed E-state index contributed by atoms with van der Waals surface area (Å²) in [5.74, 6) is 1.00. The van der Waals surface area contributed by atoms with Crippen molar-refractivity contribution in [2.75, 3.05) is 5.32 Å². The smallest absolute Gasteiger partial charge is 0.183 e. The van der Waals surface area contributed by atoms with Crippen molar-refractivity contribution in [3.63, 3.8) is 0 Å². The highest BCUT2D eigenvalue weighted by Gasteiger charge is 2.25. The molecule has 0 aliphatic heterocycles. The summed E-state index contributed by atoms with van der Waals surface area (Å²) in [6, 6.07) is 13.2. The van der Waals surface area contributed by atoms with Crippen LogP contribution in [0.25, 0.3) is 21.1 Å². The zero-order valence-electron chi connectivity index (χ0n) is 17.4. The zero-order chi connectivity index (χ0) is 21.4. The first-order valence-corrected chi connectivity index (χ1v) is 12.1. The van der Waals surface area contributed by atoms with E-state index in [2.05, 4.69) is 28.3 Å². The molecule has 0 amide bonds. The molecule has 0 radical (unpaired) electrons. The number of hydrogen-bond donors (Lipinski definition) is 1. The molecular formula is C25H25ClFN3S. The summed E-state index contributed by atoms with van der Waals surface area (Å²) in [7, 11) is 0. The van der Waals surface area contributed by atoms with E-state index in [1.165, 1.54) is 24.5 Å². The van der Waals surface area contributed by atoms with Gasteiger partial charge in [-0.05, 0) is 98.9 Å². The average Bonchev–Trinajstić information content (AvgIpc) is 3.15. The average molecular weight is 454 g/mol. The van der Waals surface area contributed by atoms with Crippen LogP contribution < -0.4 is 5.32 Å². The Hall–Kier alpha value is -2.24. The molecule has 1 aliphatic carbocycles. The SMILES string of the molecule is CC(CC1CCC(c2ccnc3ccc(F)cc23)CC1)Nc1nc2ccc(Cl)cc2s1. The Morgan fingerprint density at radius 1 is 1.10 bits per heavy atom. The molecule has 160 valence electrons. The van der Waals surface area contributed by atoms with E-state index in [0.717, 1.165) is 50.5 Å². The third-order valence-corrected chi connectivity index (χ3v) is 7.62. The van der Waals surface area contributed by atoms with Gasteiger partial charge in [0.25, 0.3) is 0 Å². The lowest BCUT2D eigenvalue weighted by Gasteiger charge is -2.31. The van der Waals surface area contributed by atoms with Gasteiger partial charge in [0.15, 0.2) is 5.13 Å². The molecule has 31 heavy (non-hydrogen) atoms. The van der Waals surface area contributed by atoms with Gasteiger partial charge in [-0.2, -0.15) is 0 Å². The Kier molecular flexibility index (Phi) is 5.81. The van der Waals surface area contributed by atoms with Crippen molar-refractivity contribution in [1.82, 2.24) is 9.97 Å². The Morgan fingerprint density at radius 2 is 1.90 bits per heavy atom. The molecule has 1 unspecified atom stereocenters. The molecule has 1 N–H and O–H groups in total. The molecule has 1 atom stereocenters. The Bertz CT molecular complexity index is 1220. The van der Waals surface area contributed by atoms with Crippen LogP contribution in [0.2, 0.25) is 5.02 Å². The second kappa shape index (κ2) is 8.71. The summed E-state index contributed by atoms with van der Waals surface area (Å²) in [4.78, 5) is 9.09. The van der Waals surface area contributed by atoms with Gasteiger partial charge >= 0.3 is 0 Å². The highest BCUT2D eigenvalue weighted by Crippen LogP contribution is 2.40. The van der Waals surface area contributed by atoms with Gasteiger partial charge in [0.05, 0.1) is 15.7 Å². The van der Waals surface area contributed by atoms with Gasteiger partial charge in [0.1, 0.15) is 5.82 Å². The van der Waals surface area contributed by atoms with E-state index in [1.807, 2.05) is 24.4 Å². The van der Waals surface area contributed by atoms with Crippen LogP contribution >= 0.6 is 22.9 Å². The highest BCUT2D eigenvalue weighted by molar-refractivity contribution is 7.22. The van der Waals surface area contributed by atoms with Crippen molar-refractivity contribution in [3.05, 3.63) is 65.1 Å². The number of thiazole rings is 1. The van der Waals surface area contributed by atoms with Crippen LogP contribution in [0.15, 0.2) is 48.7 Å². The summed E-state index contributed by atoms with van der Waals surface area (Å²) in [6.07, 6.45) is 7.68. The zero-order valence-corrected chi connectivity index (χ0v) is 19.0. The number of benzene rings is 2.